The first-order valence-corrected chi connectivity index (χ1v) is 12.7. The molecule has 1 aliphatic carbocycles. The van der Waals surface area contributed by atoms with Crippen molar-refractivity contribution in [3.05, 3.63) is 136 Å². The van der Waals surface area contributed by atoms with E-state index in [9.17, 15) is 4.79 Å². The maximum absolute atomic E-state index is 13.0. The van der Waals surface area contributed by atoms with E-state index in [1.807, 2.05) is 42.5 Å². The average molecular weight is 484 g/mol. The van der Waals surface area contributed by atoms with E-state index in [2.05, 4.69) is 80.4 Å². The Morgan fingerprint density at radius 2 is 1.70 bits per heavy atom. The van der Waals surface area contributed by atoms with Crippen molar-refractivity contribution >= 4 is 28.4 Å². The molecule has 1 aliphatic heterocycles. The summed E-state index contributed by atoms with van der Waals surface area (Å²) in [6.45, 7) is 12.7. The Balaban J connectivity index is 1.44. The number of allylic oxidation sites excluding steroid dienone is 4. The lowest BCUT2D eigenvalue weighted by atomic mass is 9.73. The Hall–Kier alpha value is -4.37. The second-order valence-corrected chi connectivity index (χ2v) is 10.2. The molecule has 2 heterocycles. The Bertz CT molecular complexity index is 1700. The van der Waals surface area contributed by atoms with Crippen LogP contribution >= 0.6 is 0 Å². The Labute approximate surface area is 217 Å². The summed E-state index contributed by atoms with van der Waals surface area (Å²) in [5.74, 6) is 0.779. The molecule has 3 nitrogen and oxygen atoms in total. The van der Waals surface area contributed by atoms with Crippen LogP contribution in [-0.2, 0) is 11.8 Å². The van der Waals surface area contributed by atoms with Crippen molar-refractivity contribution in [3.63, 3.8) is 0 Å². The van der Waals surface area contributed by atoms with Crippen molar-refractivity contribution in [2.24, 2.45) is 0 Å². The van der Waals surface area contributed by atoms with E-state index >= 15 is 0 Å². The van der Waals surface area contributed by atoms with Crippen LogP contribution in [0.2, 0.25) is 0 Å². The van der Waals surface area contributed by atoms with Gasteiger partial charge in [0.15, 0.2) is 5.43 Å². The first-order valence-electron chi connectivity index (χ1n) is 12.7. The highest BCUT2D eigenvalue weighted by Crippen LogP contribution is 2.48. The predicted octanol–water partition coefficient (Wildman–Crippen LogP) is 8.47. The summed E-state index contributed by atoms with van der Waals surface area (Å²) in [4.78, 5) is 15.2. The molecule has 182 valence electrons. The zero-order valence-corrected chi connectivity index (χ0v) is 21.3. The summed E-state index contributed by atoms with van der Waals surface area (Å²) in [5, 5.41) is 0.621. The molecule has 0 saturated heterocycles. The van der Waals surface area contributed by atoms with Crippen LogP contribution in [0.15, 0.2) is 119 Å². The smallest absolute Gasteiger partial charge is 0.200 e. The normalized spacial score (nSPS) is 15.9. The number of benzene rings is 3. The van der Waals surface area contributed by atoms with Crippen LogP contribution in [0, 0.1) is 0 Å². The van der Waals surface area contributed by atoms with Crippen LogP contribution in [0.1, 0.15) is 37.2 Å². The Kier molecular flexibility index (Phi) is 5.38. The first-order chi connectivity index (χ1) is 17.9. The zero-order chi connectivity index (χ0) is 25.7. The SMILES string of the molecule is C=CC1=C(C=C)C(C)(C)c2ccccc2N1c1ccc(-c2ccc3c(=O)c4c(oc3c2)CCC=C4)cc1. The molecule has 3 heteroatoms. The van der Waals surface area contributed by atoms with Gasteiger partial charge in [0.2, 0.25) is 0 Å². The van der Waals surface area contributed by atoms with E-state index in [0.29, 0.717) is 16.5 Å². The van der Waals surface area contributed by atoms with Gasteiger partial charge in [-0.05, 0) is 65.1 Å². The molecule has 1 aromatic heterocycles. The average Bonchev–Trinajstić information content (AvgIpc) is 2.93. The largest absolute Gasteiger partial charge is 0.460 e. The van der Waals surface area contributed by atoms with Crippen molar-refractivity contribution < 1.29 is 4.42 Å². The molecule has 0 atom stereocenters. The summed E-state index contributed by atoms with van der Waals surface area (Å²) < 4.78 is 6.17. The summed E-state index contributed by atoms with van der Waals surface area (Å²) >= 11 is 0. The van der Waals surface area contributed by atoms with Gasteiger partial charge in [0, 0.05) is 23.2 Å². The maximum atomic E-state index is 13.0. The number of anilines is 2. The van der Waals surface area contributed by atoms with Gasteiger partial charge in [0.25, 0.3) is 0 Å². The van der Waals surface area contributed by atoms with Crippen molar-refractivity contribution in [3.8, 4) is 11.1 Å². The standard InChI is InChI=1S/C34H29NO2/c1-5-27-29(6-2)35(30-13-9-8-12-28(30)34(27,3)4)24-18-15-22(16-19-24)23-17-20-26-32(21-23)37-31-14-10-7-11-25(31)33(26)36/h5-9,11-13,15-21H,1-2,10,14H2,3-4H3. The number of rotatable bonds is 4. The summed E-state index contributed by atoms with van der Waals surface area (Å²) in [5.41, 5.74) is 8.90. The zero-order valence-electron chi connectivity index (χ0n) is 21.3. The van der Waals surface area contributed by atoms with E-state index < -0.39 is 0 Å². The fourth-order valence-electron chi connectivity index (χ4n) is 5.76. The summed E-state index contributed by atoms with van der Waals surface area (Å²) in [7, 11) is 0. The molecule has 37 heavy (non-hydrogen) atoms. The lowest BCUT2D eigenvalue weighted by Gasteiger charge is -2.42. The van der Waals surface area contributed by atoms with Crippen LogP contribution in [0.5, 0.6) is 0 Å². The number of fused-ring (bicyclic) bond motifs is 3. The van der Waals surface area contributed by atoms with Gasteiger partial charge in [0.1, 0.15) is 11.3 Å². The van der Waals surface area contributed by atoms with E-state index in [1.54, 1.807) is 0 Å². The minimum atomic E-state index is -0.178. The number of hydrogen-bond donors (Lipinski definition) is 0. The highest BCUT2D eigenvalue weighted by Gasteiger charge is 2.36. The van der Waals surface area contributed by atoms with E-state index in [-0.39, 0.29) is 10.8 Å². The minimum Gasteiger partial charge on any atom is -0.460 e. The van der Waals surface area contributed by atoms with Gasteiger partial charge >= 0.3 is 0 Å². The van der Waals surface area contributed by atoms with E-state index in [0.717, 1.165) is 52.4 Å². The Morgan fingerprint density at radius 3 is 2.46 bits per heavy atom. The van der Waals surface area contributed by atoms with Gasteiger partial charge < -0.3 is 9.32 Å². The van der Waals surface area contributed by atoms with Gasteiger partial charge in [0.05, 0.1) is 16.6 Å². The molecular formula is C34H29NO2. The van der Waals surface area contributed by atoms with E-state index in [4.69, 9.17) is 4.42 Å². The fraction of sp³-hybridized carbons (Fsp3) is 0.147. The van der Waals surface area contributed by atoms with Crippen LogP contribution in [0.4, 0.5) is 11.4 Å². The van der Waals surface area contributed by atoms with Crippen molar-refractivity contribution in [2.75, 3.05) is 4.90 Å². The third kappa shape index (κ3) is 3.54. The highest BCUT2D eigenvalue weighted by atomic mass is 16.3. The van der Waals surface area contributed by atoms with E-state index in [1.165, 1.54) is 5.56 Å². The number of aryl methyl sites for hydroxylation is 1. The lowest BCUT2D eigenvalue weighted by molar-refractivity contribution is 0.532. The van der Waals surface area contributed by atoms with Crippen molar-refractivity contribution in [2.45, 2.75) is 32.1 Å². The van der Waals surface area contributed by atoms with Gasteiger partial charge in [-0.2, -0.15) is 0 Å². The highest BCUT2D eigenvalue weighted by molar-refractivity contribution is 5.86. The molecule has 0 bridgehead atoms. The first kappa shape index (κ1) is 23.1. The molecule has 0 amide bonds. The number of nitrogens with zero attached hydrogens (tertiary/aromatic N) is 1. The third-order valence-electron chi connectivity index (χ3n) is 7.69. The summed E-state index contributed by atoms with van der Waals surface area (Å²) in [6, 6.07) is 22.9. The third-order valence-corrected chi connectivity index (χ3v) is 7.69. The molecule has 2 aliphatic rings. The molecule has 6 rings (SSSR count). The van der Waals surface area contributed by atoms with Crippen molar-refractivity contribution in [1.29, 1.82) is 0 Å². The van der Waals surface area contributed by atoms with Crippen molar-refractivity contribution in [1.82, 2.24) is 0 Å². The van der Waals surface area contributed by atoms with Gasteiger partial charge in [-0.1, -0.05) is 81.6 Å². The van der Waals surface area contributed by atoms with Gasteiger partial charge in [-0.3, -0.25) is 4.79 Å². The maximum Gasteiger partial charge on any atom is 0.200 e. The number of para-hydroxylation sites is 1. The lowest BCUT2D eigenvalue weighted by Crippen LogP contribution is -2.33. The molecule has 3 aromatic carbocycles. The molecule has 0 spiro atoms. The van der Waals surface area contributed by atoms with Crippen LogP contribution < -0.4 is 10.3 Å². The van der Waals surface area contributed by atoms with Gasteiger partial charge in [-0.25, -0.2) is 0 Å². The second kappa shape index (κ2) is 8.63. The summed E-state index contributed by atoms with van der Waals surface area (Å²) in [6.07, 6.45) is 9.45. The number of hydrogen-bond acceptors (Lipinski definition) is 3. The molecule has 0 radical (unpaired) electrons. The monoisotopic (exact) mass is 483 g/mol. The molecule has 0 unspecified atom stereocenters. The quantitative estimate of drug-likeness (QED) is 0.292. The van der Waals surface area contributed by atoms with Gasteiger partial charge in [-0.15, -0.1) is 0 Å². The molecule has 4 aromatic rings. The molecule has 0 fully saturated rings. The predicted molar refractivity (Wildman–Crippen MR) is 154 cm³/mol. The fourth-order valence-corrected chi connectivity index (χ4v) is 5.76. The molecule has 0 saturated carbocycles. The Morgan fingerprint density at radius 1 is 0.946 bits per heavy atom. The second-order valence-electron chi connectivity index (χ2n) is 10.2. The topological polar surface area (TPSA) is 33.5 Å². The minimum absolute atomic E-state index is 0.0440. The molecular weight excluding hydrogens is 454 g/mol. The van der Waals surface area contributed by atoms with Crippen LogP contribution in [0.3, 0.4) is 0 Å². The van der Waals surface area contributed by atoms with Crippen LogP contribution in [-0.4, -0.2) is 0 Å². The molecule has 0 N–H and O–H groups in total. The van der Waals surface area contributed by atoms with Crippen LogP contribution in [0.25, 0.3) is 28.2 Å².